The van der Waals surface area contributed by atoms with Gasteiger partial charge in [-0.1, -0.05) is 0 Å². The molecule has 0 aliphatic carbocycles. The molecule has 0 spiro atoms. The monoisotopic (exact) mass is 199 g/mol. The summed E-state index contributed by atoms with van der Waals surface area (Å²) < 4.78 is 34.3. The Morgan fingerprint density at radius 1 is 1.50 bits per heavy atom. The molecule has 74 valence electrons. The van der Waals surface area contributed by atoms with Crippen LogP contribution in [0.25, 0.3) is 0 Å². The first-order valence-electron chi connectivity index (χ1n) is 3.85. The second kappa shape index (κ2) is 6.48. The normalized spacial score (nSPS) is 16.4. The van der Waals surface area contributed by atoms with Crippen molar-refractivity contribution >= 4 is 10.8 Å². The van der Waals surface area contributed by atoms with E-state index in [0.717, 1.165) is 0 Å². The third-order valence-electron chi connectivity index (χ3n) is 1.45. The molecular formula is C7H15F2NOS. The highest BCUT2D eigenvalue weighted by atomic mass is 32.2. The van der Waals surface area contributed by atoms with Gasteiger partial charge in [-0.3, -0.25) is 4.21 Å². The molecule has 0 saturated heterocycles. The van der Waals surface area contributed by atoms with Gasteiger partial charge in [0, 0.05) is 22.8 Å². The van der Waals surface area contributed by atoms with Crippen molar-refractivity contribution < 1.29 is 13.0 Å². The van der Waals surface area contributed by atoms with Crippen molar-refractivity contribution in [3.8, 4) is 0 Å². The molecule has 0 rings (SSSR count). The molecule has 5 heteroatoms. The summed E-state index contributed by atoms with van der Waals surface area (Å²) in [6.07, 6.45) is -0.0337. The fourth-order valence-electron chi connectivity index (χ4n) is 0.694. The Labute approximate surface area is 74.2 Å². The minimum Gasteiger partial charge on any atom is -0.309 e. The third kappa shape index (κ3) is 6.67. The molecule has 2 atom stereocenters. The van der Waals surface area contributed by atoms with E-state index in [2.05, 4.69) is 5.32 Å². The second-order valence-electron chi connectivity index (χ2n) is 2.71. The van der Waals surface area contributed by atoms with E-state index in [0.29, 0.717) is 18.7 Å². The van der Waals surface area contributed by atoms with Crippen LogP contribution in [0.2, 0.25) is 0 Å². The Morgan fingerprint density at radius 2 is 2.08 bits per heavy atom. The molecule has 0 aromatic rings. The van der Waals surface area contributed by atoms with Crippen molar-refractivity contribution in [3.63, 3.8) is 0 Å². The van der Waals surface area contributed by atoms with E-state index in [-0.39, 0.29) is 0 Å². The quantitative estimate of drug-likeness (QED) is 0.647. The molecule has 0 fully saturated rings. The van der Waals surface area contributed by atoms with Crippen LogP contribution < -0.4 is 5.32 Å². The maximum absolute atomic E-state index is 11.9. The van der Waals surface area contributed by atoms with E-state index in [9.17, 15) is 13.0 Å². The Bertz CT molecular complexity index is 143. The van der Waals surface area contributed by atoms with Gasteiger partial charge in [0.15, 0.2) is 0 Å². The van der Waals surface area contributed by atoms with Crippen LogP contribution in [0.4, 0.5) is 8.78 Å². The predicted molar refractivity (Wildman–Crippen MR) is 47.0 cm³/mol. The van der Waals surface area contributed by atoms with Gasteiger partial charge in [-0.05, 0) is 19.9 Å². The summed E-state index contributed by atoms with van der Waals surface area (Å²) >= 11 is 0. The molecule has 0 radical (unpaired) electrons. The number of hydrogen-bond acceptors (Lipinski definition) is 2. The van der Waals surface area contributed by atoms with Crippen LogP contribution in [0.15, 0.2) is 0 Å². The van der Waals surface area contributed by atoms with E-state index >= 15 is 0 Å². The van der Waals surface area contributed by atoms with Crippen molar-refractivity contribution in [1.82, 2.24) is 5.32 Å². The van der Waals surface area contributed by atoms with Crippen LogP contribution in [0.5, 0.6) is 0 Å². The second-order valence-corrected chi connectivity index (χ2v) is 4.26. The predicted octanol–water partition coefficient (Wildman–Crippen LogP) is 0.998. The van der Waals surface area contributed by atoms with Crippen molar-refractivity contribution in [2.75, 3.05) is 18.6 Å². The lowest BCUT2D eigenvalue weighted by Crippen LogP contribution is -2.33. The van der Waals surface area contributed by atoms with Crippen LogP contribution in [0, 0.1) is 0 Å². The number of rotatable bonds is 6. The zero-order chi connectivity index (χ0) is 9.56. The number of hydrogen-bond donors (Lipinski definition) is 1. The van der Waals surface area contributed by atoms with Gasteiger partial charge in [-0.25, -0.2) is 8.78 Å². The smallest absolute Gasteiger partial charge is 0.253 e. The van der Waals surface area contributed by atoms with Gasteiger partial charge < -0.3 is 5.32 Å². The van der Waals surface area contributed by atoms with Crippen molar-refractivity contribution in [2.24, 2.45) is 0 Å². The van der Waals surface area contributed by atoms with Gasteiger partial charge in [0.2, 0.25) is 0 Å². The summed E-state index contributed by atoms with van der Waals surface area (Å²) in [6.45, 7) is 1.94. The van der Waals surface area contributed by atoms with E-state index in [1.807, 2.05) is 0 Å². The molecular weight excluding hydrogens is 184 g/mol. The minimum atomic E-state index is -2.32. The Hall–Kier alpha value is -0.0300. The molecule has 1 N–H and O–H groups in total. The van der Waals surface area contributed by atoms with Gasteiger partial charge >= 0.3 is 0 Å². The summed E-state index contributed by atoms with van der Waals surface area (Å²) in [5.74, 6) is 0.572. The highest BCUT2D eigenvalue weighted by molar-refractivity contribution is 7.84. The molecule has 0 aromatic heterocycles. The van der Waals surface area contributed by atoms with E-state index in [1.165, 1.54) is 6.92 Å². The van der Waals surface area contributed by atoms with E-state index in [4.69, 9.17) is 0 Å². The maximum atomic E-state index is 11.9. The summed E-state index contributed by atoms with van der Waals surface area (Å²) in [4.78, 5) is 0. The molecule has 0 aromatic carbocycles. The molecule has 0 saturated carbocycles. The first-order valence-corrected chi connectivity index (χ1v) is 5.58. The molecule has 0 bridgehead atoms. The zero-order valence-electron chi connectivity index (χ0n) is 7.35. The topological polar surface area (TPSA) is 29.1 Å². The zero-order valence-corrected chi connectivity index (χ0v) is 8.16. The van der Waals surface area contributed by atoms with Crippen LogP contribution in [-0.2, 0) is 10.8 Å². The number of alkyl halides is 2. The average molecular weight is 199 g/mol. The molecule has 12 heavy (non-hydrogen) atoms. The highest BCUT2D eigenvalue weighted by Crippen LogP contribution is 1.98. The summed E-state index contributed by atoms with van der Waals surface area (Å²) in [5, 5.41) is 2.65. The van der Waals surface area contributed by atoms with Crippen molar-refractivity contribution in [2.45, 2.75) is 25.8 Å². The van der Waals surface area contributed by atoms with Gasteiger partial charge in [0.25, 0.3) is 6.43 Å². The lowest BCUT2D eigenvalue weighted by molar-refractivity contribution is 0.106. The fourth-order valence-corrected chi connectivity index (χ4v) is 1.25. The first-order chi connectivity index (χ1) is 5.54. The Balaban J connectivity index is 3.25. The van der Waals surface area contributed by atoms with Crippen molar-refractivity contribution in [1.29, 1.82) is 0 Å². The van der Waals surface area contributed by atoms with Crippen molar-refractivity contribution in [3.05, 3.63) is 0 Å². The largest absolute Gasteiger partial charge is 0.309 e. The standard InChI is InChI=1S/C7H15F2NOS/c1-6(7(8)9)10-4-3-5-12(2)11/h6-7,10H,3-5H2,1-2H3. The Kier molecular flexibility index (Phi) is 6.47. The van der Waals surface area contributed by atoms with Gasteiger partial charge in [-0.15, -0.1) is 0 Å². The summed E-state index contributed by atoms with van der Waals surface area (Å²) in [6, 6.07) is -0.768. The fraction of sp³-hybridized carbons (Fsp3) is 1.00. The molecule has 0 heterocycles. The van der Waals surface area contributed by atoms with Gasteiger partial charge in [0.1, 0.15) is 0 Å². The molecule has 0 aliphatic heterocycles. The summed E-state index contributed by atoms with van der Waals surface area (Å²) in [5.41, 5.74) is 0. The van der Waals surface area contributed by atoms with Crippen LogP contribution in [0.1, 0.15) is 13.3 Å². The Morgan fingerprint density at radius 3 is 2.50 bits per heavy atom. The minimum absolute atomic E-state index is 0.505. The molecule has 0 aliphatic rings. The van der Waals surface area contributed by atoms with Crippen LogP contribution >= 0.6 is 0 Å². The van der Waals surface area contributed by atoms with Gasteiger partial charge in [0.05, 0.1) is 6.04 Å². The van der Waals surface area contributed by atoms with Crippen LogP contribution in [0.3, 0.4) is 0 Å². The molecule has 2 nitrogen and oxygen atoms in total. The maximum Gasteiger partial charge on any atom is 0.253 e. The molecule has 0 amide bonds. The number of nitrogens with one attached hydrogen (secondary N) is 1. The van der Waals surface area contributed by atoms with E-state index in [1.54, 1.807) is 6.26 Å². The highest BCUT2D eigenvalue weighted by Gasteiger charge is 2.12. The SMILES string of the molecule is CC(NCCCS(C)=O)C(F)F. The third-order valence-corrected chi connectivity index (χ3v) is 2.32. The van der Waals surface area contributed by atoms with E-state index < -0.39 is 23.3 Å². The average Bonchev–Trinajstić information content (AvgIpc) is 1.97. The molecule has 2 unspecified atom stereocenters. The first kappa shape index (κ1) is 12.0. The number of halogens is 2. The lowest BCUT2D eigenvalue weighted by atomic mass is 10.3. The lowest BCUT2D eigenvalue weighted by Gasteiger charge is -2.11. The van der Waals surface area contributed by atoms with Gasteiger partial charge in [-0.2, -0.15) is 0 Å². The van der Waals surface area contributed by atoms with Crippen LogP contribution in [-0.4, -0.2) is 35.2 Å². The summed E-state index contributed by atoms with van der Waals surface area (Å²) in [7, 11) is -0.818.